The van der Waals surface area contributed by atoms with E-state index < -0.39 is 23.1 Å². The predicted molar refractivity (Wildman–Crippen MR) is 132 cm³/mol. The van der Waals surface area contributed by atoms with E-state index in [1.807, 2.05) is 4.57 Å². The molecule has 6 rings (SSSR count). The first-order valence-corrected chi connectivity index (χ1v) is 13.0. The van der Waals surface area contributed by atoms with Crippen LogP contribution < -0.4 is 10.6 Å². The van der Waals surface area contributed by atoms with E-state index in [2.05, 4.69) is 20.6 Å². The van der Waals surface area contributed by atoms with Crippen molar-refractivity contribution in [3.8, 4) is 0 Å². The highest BCUT2D eigenvalue weighted by Crippen LogP contribution is 2.59. The molecule has 3 aliphatic rings. The van der Waals surface area contributed by atoms with Gasteiger partial charge in [-0.05, 0) is 63.2 Å². The van der Waals surface area contributed by atoms with Crippen molar-refractivity contribution < 1.29 is 23.0 Å². The number of hydrogen-bond donors (Lipinski definition) is 3. The molecule has 1 spiro atoms. The summed E-state index contributed by atoms with van der Waals surface area (Å²) in [4.78, 5) is 13.8. The van der Waals surface area contributed by atoms with E-state index in [1.54, 1.807) is 13.3 Å². The largest absolute Gasteiger partial charge is 0.393 e. The lowest BCUT2D eigenvalue weighted by molar-refractivity contribution is 0.116. The summed E-state index contributed by atoms with van der Waals surface area (Å²) in [5.41, 5.74) is 0.826. The second-order valence-electron chi connectivity index (χ2n) is 10.7. The third kappa shape index (κ3) is 4.63. The van der Waals surface area contributed by atoms with Crippen LogP contribution in [0.1, 0.15) is 63.8 Å². The molecule has 2 heterocycles. The number of aromatic nitrogens is 4. The van der Waals surface area contributed by atoms with Crippen LogP contribution in [-0.2, 0) is 4.74 Å². The number of halogens is 3. The average Bonchev–Trinajstić information content (AvgIpc) is 3.44. The molecule has 1 atom stereocenters. The van der Waals surface area contributed by atoms with Crippen LogP contribution in [-0.4, -0.2) is 50.0 Å². The molecule has 3 saturated carbocycles. The van der Waals surface area contributed by atoms with Gasteiger partial charge in [0.2, 0.25) is 11.9 Å². The van der Waals surface area contributed by atoms with Crippen molar-refractivity contribution >= 4 is 28.7 Å². The summed E-state index contributed by atoms with van der Waals surface area (Å²) in [6.07, 6.45) is 9.46. The van der Waals surface area contributed by atoms with Gasteiger partial charge in [0.1, 0.15) is 17.0 Å². The molecule has 11 heteroatoms. The van der Waals surface area contributed by atoms with Gasteiger partial charge in [-0.25, -0.2) is 23.1 Å². The van der Waals surface area contributed by atoms with E-state index in [4.69, 9.17) is 9.72 Å². The summed E-state index contributed by atoms with van der Waals surface area (Å²) in [6.45, 7) is 0. The highest BCUT2D eigenvalue weighted by atomic mass is 19.1. The van der Waals surface area contributed by atoms with E-state index in [9.17, 15) is 18.3 Å². The van der Waals surface area contributed by atoms with Gasteiger partial charge in [0, 0.05) is 31.3 Å². The maximum atomic E-state index is 14.5. The molecule has 3 N–H and O–H groups in total. The quantitative estimate of drug-likeness (QED) is 0.413. The highest BCUT2D eigenvalue weighted by molar-refractivity contribution is 5.76. The van der Waals surface area contributed by atoms with E-state index in [-0.39, 0.29) is 29.6 Å². The van der Waals surface area contributed by atoms with Gasteiger partial charge in [0.15, 0.2) is 17.3 Å². The van der Waals surface area contributed by atoms with Crippen LogP contribution in [0, 0.1) is 22.9 Å². The maximum absolute atomic E-state index is 14.5. The Bertz CT molecular complexity index is 1280. The first-order valence-electron chi connectivity index (χ1n) is 13.0. The SMILES string of the molecule is COC1CC12CCC(n1c(Nc3c(F)cc(F)cc3F)nc3cnc(NC4CCC(O)CC4)nc31)CC2. The third-order valence-corrected chi connectivity index (χ3v) is 8.42. The minimum Gasteiger partial charge on any atom is -0.393 e. The van der Waals surface area contributed by atoms with E-state index in [0.717, 1.165) is 57.8 Å². The number of nitrogens with zero attached hydrogens (tertiary/aromatic N) is 4. The molecule has 3 aromatic rings. The van der Waals surface area contributed by atoms with Crippen molar-refractivity contribution in [3.05, 3.63) is 35.8 Å². The Morgan fingerprint density at radius 3 is 2.38 bits per heavy atom. The zero-order valence-corrected chi connectivity index (χ0v) is 20.7. The molecular formula is C26H31F3N6O2. The fraction of sp³-hybridized carbons (Fsp3) is 0.577. The van der Waals surface area contributed by atoms with Gasteiger partial charge in [-0.3, -0.25) is 4.57 Å². The number of nitrogens with one attached hydrogen (secondary N) is 2. The molecule has 3 aliphatic carbocycles. The molecule has 0 aliphatic heterocycles. The monoisotopic (exact) mass is 516 g/mol. The smallest absolute Gasteiger partial charge is 0.224 e. The molecule has 8 nitrogen and oxygen atoms in total. The number of methoxy groups -OCH3 is 1. The third-order valence-electron chi connectivity index (χ3n) is 8.42. The van der Waals surface area contributed by atoms with Crippen LogP contribution in [0.5, 0.6) is 0 Å². The molecule has 0 saturated heterocycles. The Hall–Kier alpha value is -2.92. The number of imidazole rings is 1. The number of hydrogen-bond acceptors (Lipinski definition) is 7. The molecule has 1 aromatic carbocycles. The van der Waals surface area contributed by atoms with Gasteiger partial charge in [-0.1, -0.05) is 0 Å². The van der Waals surface area contributed by atoms with Crippen LogP contribution in [0.3, 0.4) is 0 Å². The van der Waals surface area contributed by atoms with E-state index >= 15 is 0 Å². The number of ether oxygens (including phenoxy) is 1. The number of anilines is 3. The van der Waals surface area contributed by atoms with Gasteiger partial charge in [0.25, 0.3) is 0 Å². The van der Waals surface area contributed by atoms with E-state index in [1.165, 1.54) is 0 Å². The standard InChI is InChI=1S/C26H31F3N6O2/c1-37-21-12-26(21)8-6-16(7-9-26)35-23-20(13-30-24(34-23)31-15-2-4-17(36)5-3-15)32-25(35)33-22-18(28)10-14(27)11-19(22)29/h10-11,13,15-17,21,36H,2-9,12H2,1H3,(H,32,33)(H,30,31,34). The fourth-order valence-electron chi connectivity index (χ4n) is 6.18. The molecule has 0 radical (unpaired) electrons. The molecular weight excluding hydrogens is 485 g/mol. The zero-order valence-electron chi connectivity index (χ0n) is 20.7. The Morgan fingerprint density at radius 2 is 1.73 bits per heavy atom. The first kappa shape index (κ1) is 24.4. The van der Waals surface area contributed by atoms with Crippen LogP contribution in [0.4, 0.5) is 30.8 Å². The van der Waals surface area contributed by atoms with Gasteiger partial charge < -0.3 is 20.5 Å². The molecule has 2 aromatic heterocycles. The van der Waals surface area contributed by atoms with Crippen molar-refractivity contribution in [2.24, 2.45) is 5.41 Å². The number of rotatable bonds is 6. The van der Waals surface area contributed by atoms with Crippen molar-refractivity contribution in [1.82, 2.24) is 19.5 Å². The maximum Gasteiger partial charge on any atom is 0.224 e. The lowest BCUT2D eigenvalue weighted by atomic mass is 9.83. The molecule has 37 heavy (non-hydrogen) atoms. The first-order chi connectivity index (χ1) is 17.8. The summed E-state index contributed by atoms with van der Waals surface area (Å²) in [5, 5.41) is 16.0. The van der Waals surface area contributed by atoms with Gasteiger partial charge >= 0.3 is 0 Å². The van der Waals surface area contributed by atoms with Crippen molar-refractivity contribution in [3.63, 3.8) is 0 Å². The number of aliphatic hydroxyl groups excluding tert-OH is 1. The minimum atomic E-state index is -1.03. The van der Waals surface area contributed by atoms with E-state index in [0.29, 0.717) is 35.3 Å². The summed E-state index contributed by atoms with van der Waals surface area (Å²) in [6, 6.07) is 1.45. The normalized spacial score (nSPS) is 29.5. The molecule has 198 valence electrons. The highest BCUT2D eigenvalue weighted by Gasteiger charge is 2.55. The second kappa shape index (κ2) is 9.43. The fourth-order valence-corrected chi connectivity index (χ4v) is 6.18. The minimum absolute atomic E-state index is 0.00961. The molecule has 0 bridgehead atoms. The van der Waals surface area contributed by atoms with Crippen molar-refractivity contribution in [2.75, 3.05) is 17.7 Å². The Balaban J connectivity index is 1.34. The van der Waals surface area contributed by atoms with Crippen LogP contribution in [0.15, 0.2) is 18.3 Å². The lowest BCUT2D eigenvalue weighted by Gasteiger charge is -2.31. The Kier molecular flexibility index (Phi) is 6.22. The summed E-state index contributed by atoms with van der Waals surface area (Å²) in [7, 11) is 1.75. The molecule has 0 amide bonds. The number of fused-ring (bicyclic) bond motifs is 1. The topological polar surface area (TPSA) is 97.1 Å². The van der Waals surface area contributed by atoms with Crippen molar-refractivity contribution in [1.29, 1.82) is 0 Å². The lowest BCUT2D eigenvalue weighted by Crippen LogP contribution is -2.29. The van der Waals surface area contributed by atoms with Gasteiger partial charge in [-0.15, -0.1) is 0 Å². The van der Waals surface area contributed by atoms with Gasteiger partial charge in [0.05, 0.1) is 18.4 Å². The molecule has 3 fully saturated rings. The van der Waals surface area contributed by atoms with Crippen LogP contribution in [0.25, 0.3) is 11.2 Å². The average molecular weight is 517 g/mol. The molecule has 1 unspecified atom stereocenters. The Labute approximate surface area is 212 Å². The zero-order chi connectivity index (χ0) is 25.7. The van der Waals surface area contributed by atoms with Crippen LogP contribution >= 0.6 is 0 Å². The summed E-state index contributed by atoms with van der Waals surface area (Å²) < 4.78 is 50.0. The summed E-state index contributed by atoms with van der Waals surface area (Å²) in [5.74, 6) is -2.36. The van der Waals surface area contributed by atoms with Gasteiger partial charge in [-0.2, -0.15) is 4.98 Å². The van der Waals surface area contributed by atoms with Crippen LogP contribution in [0.2, 0.25) is 0 Å². The number of aliphatic hydroxyl groups is 1. The predicted octanol–water partition coefficient (Wildman–Crippen LogP) is 5.22. The number of benzene rings is 1. The Morgan fingerprint density at radius 1 is 1.03 bits per heavy atom. The summed E-state index contributed by atoms with van der Waals surface area (Å²) >= 11 is 0. The van der Waals surface area contributed by atoms with Crippen molar-refractivity contribution in [2.45, 2.75) is 82.1 Å². The second-order valence-corrected chi connectivity index (χ2v) is 10.7.